The van der Waals surface area contributed by atoms with Crippen LogP contribution in [0.15, 0.2) is 48.8 Å². The monoisotopic (exact) mass is 441 g/mol. The molecule has 0 saturated heterocycles. The van der Waals surface area contributed by atoms with E-state index >= 15 is 0 Å². The lowest BCUT2D eigenvalue weighted by molar-refractivity contribution is 0.0956. The fraction of sp³-hybridized carbons (Fsp3) is 0.143. The molecule has 2 aromatic carbocycles. The number of primary amides is 1. The zero-order valence-electron chi connectivity index (χ0n) is 16.8. The summed E-state index contributed by atoms with van der Waals surface area (Å²) in [5.41, 5.74) is 6.51. The van der Waals surface area contributed by atoms with E-state index in [2.05, 4.69) is 15.3 Å². The molecule has 0 unspecified atom stereocenters. The minimum atomic E-state index is -0.772. The fourth-order valence-corrected chi connectivity index (χ4v) is 3.15. The van der Waals surface area contributed by atoms with Crippen LogP contribution in [0.4, 0.5) is 11.4 Å². The maximum atomic E-state index is 12.8. The van der Waals surface area contributed by atoms with Crippen molar-refractivity contribution in [2.24, 2.45) is 5.73 Å². The van der Waals surface area contributed by atoms with Crippen molar-refractivity contribution in [1.82, 2.24) is 9.97 Å². The van der Waals surface area contributed by atoms with E-state index in [-0.39, 0.29) is 17.0 Å². The topological polar surface area (TPSA) is 130 Å². The van der Waals surface area contributed by atoms with Gasteiger partial charge in [-0.2, -0.15) is 0 Å². The molecule has 0 fully saturated rings. The Bertz CT molecular complexity index is 1130. The van der Waals surface area contributed by atoms with E-state index in [9.17, 15) is 14.4 Å². The van der Waals surface area contributed by atoms with Gasteiger partial charge in [-0.05, 0) is 49.4 Å². The standard InChI is InChI=1S/C21H20ClN5O4/c1-3-27(21(30)18-17(19(23)28)24-11-25-18)13-6-4-12(5-7-13)26-20(29)15-10-14(31-2)8-9-16(15)22/h4-11H,3H2,1-2H3,(H2,23,28)(H,24,25)(H,26,29). The first kappa shape index (κ1) is 21.8. The van der Waals surface area contributed by atoms with E-state index in [0.29, 0.717) is 28.7 Å². The summed E-state index contributed by atoms with van der Waals surface area (Å²) in [6, 6.07) is 11.4. The average Bonchev–Trinajstić information content (AvgIpc) is 3.26. The summed E-state index contributed by atoms with van der Waals surface area (Å²) in [5.74, 6) is -1.14. The second kappa shape index (κ2) is 9.31. The number of rotatable bonds is 7. The van der Waals surface area contributed by atoms with Gasteiger partial charge in [0.25, 0.3) is 17.7 Å². The van der Waals surface area contributed by atoms with Gasteiger partial charge in [0.2, 0.25) is 0 Å². The average molecular weight is 442 g/mol. The number of aromatic amines is 1. The van der Waals surface area contributed by atoms with Gasteiger partial charge in [0.15, 0.2) is 5.69 Å². The van der Waals surface area contributed by atoms with E-state index < -0.39 is 17.7 Å². The lowest BCUT2D eigenvalue weighted by Gasteiger charge is -2.21. The van der Waals surface area contributed by atoms with E-state index in [0.717, 1.165) is 0 Å². The Hall–Kier alpha value is -3.85. The number of imidazole rings is 1. The second-order valence-corrected chi connectivity index (χ2v) is 6.79. The second-order valence-electron chi connectivity index (χ2n) is 6.39. The number of methoxy groups -OCH3 is 1. The van der Waals surface area contributed by atoms with Gasteiger partial charge in [-0.1, -0.05) is 11.6 Å². The number of carbonyl (C=O) groups excluding carboxylic acids is 3. The summed E-state index contributed by atoms with van der Waals surface area (Å²) in [6.45, 7) is 2.12. The largest absolute Gasteiger partial charge is 0.497 e. The molecule has 3 amide bonds. The lowest BCUT2D eigenvalue weighted by atomic mass is 10.2. The van der Waals surface area contributed by atoms with Gasteiger partial charge in [0.1, 0.15) is 11.4 Å². The number of halogens is 1. The summed E-state index contributed by atoms with van der Waals surface area (Å²) in [7, 11) is 1.50. The lowest BCUT2D eigenvalue weighted by Crippen LogP contribution is -2.32. The Balaban J connectivity index is 1.78. The number of nitrogens with two attached hydrogens (primary N) is 1. The maximum absolute atomic E-state index is 12.8. The number of ether oxygens (including phenoxy) is 1. The summed E-state index contributed by atoms with van der Waals surface area (Å²) < 4.78 is 5.13. The summed E-state index contributed by atoms with van der Waals surface area (Å²) in [4.78, 5) is 44.8. The molecule has 0 radical (unpaired) electrons. The predicted octanol–water partition coefficient (Wildman–Crippen LogP) is 3.09. The third kappa shape index (κ3) is 4.67. The number of benzene rings is 2. The third-order valence-electron chi connectivity index (χ3n) is 4.50. The summed E-state index contributed by atoms with van der Waals surface area (Å²) in [6.07, 6.45) is 1.24. The molecule has 0 saturated carbocycles. The van der Waals surface area contributed by atoms with Crippen LogP contribution in [0.5, 0.6) is 5.75 Å². The Kier molecular flexibility index (Phi) is 6.56. The van der Waals surface area contributed by atoms with Crippen LogP contribution < -0.4 is 20.7 Å². The number of hydrogen-bond donors (Lipinski definition) is 3. The number of anilines is 2. The van der Waals surface area contributed by atoms with Crippen molar-refractivity contribution >= 4 is 40.7 Å². The molecule has 31 heavy (non-hydrogen) atoms. The van der Waals surface area contributed by atoms with Crippen molar-refractivity contribution < 1.29 is 19.1 Å². The van der Waals surface area contributed by atoms with Crippen molar-refractivity contribution in [3.05, 3.63) is 70.8 Å². The highest BCUT2D eigenvalue weighted by molar-refractivity contribution is 6.34. The Morgan fingerprint density at radius 1 is 1.19 bits per heavy atom. The van der Waals surface area contributed by atoms with Crippen molar-refractivity contribution in [2.75, 3.05) is 23.9 Å². The Morgan fingerprint density at radius 3 is 2.52 bits per heavy atom. The number of nitrogens with zero attached hydrogens (tertiary/aromatic N) is 2. The van der Waals surface area contributed by atoms with Crippen molar-refractivity contribution in [3.8, 4) is 5.75 Å². The third-order valence-corrected chi connectivity index (χ3v) is 4.83. The van der Waals surface area contributed by atoms with Crippen LogP contribution >= 0.6 is 11.6 Å². The van der Waals surface area contributed by atoms with Gasteiger partial charge >= 0.3 is 0 Å². The molecule has 10 heteroatoms. The van der Waals surface area contributed by atoms with Gasteiger partial charge in [-0.15, -0.1) is 0 Å². The molecule has 3 aromatic rings. The molecule has 0 atom stereocenters. The van der Waals surface area contributed by atoms with Gasteiger partial charge in [0.05, 0.1) is 24.0 Å². The van der Waals surface area contributed by atoms with Crippen molar-refractivity contribution in [3.63, 3.8) is 0 Å². The highest BCUT2D eigenvalue weighted by Gasteiger charge is 2.24. The number of aromatic nitrogens is 2. The number of carbonyl (C=O) groups is 3. The quantitative estimate of drug-likeness (QED) is 0.518. The molecule has 0 bridgehead atoms. The molecule has 1 heterocycles. The first-order valence-corrected chi connectivity index (χ1v) is 9.63. The van der Waals surface area contributed by atoms with Gasteiger partial charge < -0.3 is 25.7 Å². The number of hydrogen-bond acceptors (Lipinski definition) is 5. The molecule has 4 N–H and O–H groups in total. The van der Waals surface area contributed by atoms with Crippen molar-refractivity contribution in [1.29, 1.82) is 0 Å². The van der Waals surface area contributed by atoms with Crippen molar-refractivity contribution in [2.45, 2.75) is 6.92 Å². The predicted molar refractivity (Wildman–Crippen MR) is 117 cm³/mol. The highest BCUT2D eigenvalue weighted by Crippen LogP contribution is 2.24. The Morgan fingerprint density at radius 2 is 1.90 bits per heavy atom. The summed E-state index contributed by atoms with van der Waals surface area (Å²) in [5, 5.41) is 3.05. The molecule has 3 rings (SSSR count). The van der Waals surface area contributed by atoms with Crippen LogP contribution in [0.3, 0.4) is 0 Å². The van der Waals surface area contributed by atoms with Crippen LogP contribution in [-0.2, 0) is 0 Å². The molecular formula is C21H20ClN5O4. The molecule has 9 nitrogen and oxygen atoms in total. The summed E-state index contributed by atoms with van der Waals surface area (Å²) >= 11 is 6.12. The van der Waals surface area contributed by atoms with E-state index in [4.69, 9.17) is 22.1 Å². The van der Waals surface area contributed by atoms with Crippen LogP contribution in [0, 0.1) is 0 Å². The van der Waals surface area contributed by atoms with Crippen LogP contribution in [0.1, 0.15) is 38.3 Å². The van der Waals surface area contributed by atoms with Gasteiger partial charge in [-0.3, -0.25) is 14.4 Å². The molecule has 0 aliphatic carbocycles. The van der Waals surface area contributed by atoms with Gasteiger partial charge in [0, 0.05) is 17.9 Å². The first-order valence-electron chi connectivity index (χ1n) is 9.25. The van der Waals surface area contributed by atoms with Crippen LogP contribution in [0.2, 0.25) is 5.02 Å². The molecule has 0 aliphatic heterocycles. The number of amides is 3. The fourth-order valence-electron chi connectivity index (χ4n) is 2.94. The first-order chi connectivity index (χ1) is 14.8. The minimum absolute atomic E-state index is 0.0532. The Labute approximate surface area is 183 Å². The minimum Gasteiger partial charge on any atom is -0.497 e. The zero-order valence-corrected chi connectivity index (χ0v) is 17.6. The highest BCUT2D eigenvalue weighted by atomic mass is 35.5. The zero-order chi connectivity index (χ0) is 22.5. The molecule has 0 aliphatic rings. The van der Waals surface area contributed by atoms with Crippen LogP contribution in [-0.4, -0.2) is 41.3 Å². The van der Waals surface area contributed by atoms with E-state index in [1.165, 1.54) is 18.3 Å². The molecular weight excluding hydrogens is 422 g/mol. The smallest absolute Gasteiger partial charge is 0.279 e. The van der Waals surface area contributed by atoms with Crippen LogP contribution in [0.25, 0.3) is 0 Å². The normalized spacial score (nSPS) is 10.4. The van der Waals surface area contributed by atoms with E-state index in [1.807, 2.05) is 0 Å². The molecule has 160 valence electrons. The number of nitrogens with one attached hydrogen (secondary N) is 2. The molecule has 1 aromatic heterocycles. The molecule has 0 spiro atoms. The van der Waals surface area contributed by atoms with Gasteiger partial charge in [-0.25, -0.2) is 4.98 Å². The SMILES string of the molecule is CCN(C(=O)c1nc[nH]c1C(N)=O)c1ccc(NC(=O)c2cc(OC)ccc2Cl)cc1. The maximum Gasteiger partial charge on any atom is 0.279 e. The van der Waals surface area contributed by atoms with E-state index in [1.54, 1.807) is 49.4 Å². The number of H-pyrrole nitrogens is 1.